The van der Waals surface area contributed by atoms with E-state index in [1.54, 1.807) is 0 Å². The summed E-state index contributed by atoms with van der Waals surface area (Å²) in [4.78, 5) is 12.7. The molecule has 106 valence electrons. The van der Waals surface area contributed by atoms with Crippen LogP contribution in [-0.2, 0) is 4.74 Å². The fraction of sp³-hybridized carbons (Fsp3) is 0.417. The third kappa shape index (κ3) is 5.48. The first-order valence-electron chi connectivity index (χ1n) is 5.44. The highest BCUT2D eigenvalue weighted by Crippen LogP contribution is 2.18. The fourth-order valence-corrected chi connectivity index (χ4v) is 1.57. The van der Waals surface area contributed by atoms with Gasteiger partial charge >= 0.3 is 6.18 Å². The first-order chi connectivity index (χ1) is 8.83. The molecule has 0 saturated heterocycles. The number of nitrogens with zero attached hydrogens (tertiary/aromatic N) is 1. The summed E-state index contributed by atoms with van der Waals surface area (Å²) in [6.07, 6.45) is -4.45. The lowest BCUT2D eigenvalue weighted by molar-refractivity contribution is -0.141. The van der Waals surface area contributed by atoms with Crippen LogP contribution in [0.3, 0.4) is 0 Å². The number of methoxy groups -OCH3 is 1. The first-order valence-corrected chi connectivity index (χ1v) is 5.82. The van der Waals surface area contributed by atoms with Crippen LogP contribution < -0.4 is 0 Å². The molecular formula is C12H13ClF3NO2. The number of carbonyl (C=O) groups excluding carboxylic acids is 1. The highest BCUT2D eigenvalue weighted by atomic mass is 35.5. The van der Waals surface area contributed by atoms with Crippen LogP contribution in [0.4, 0.5) is 13.2 Å². The zero-order valence-electron chi connectivity index (χ0n) is 10.2. The maximum Gasteiger partial charge on any atom is 0.406 e. The monoisotopic (exact) mass is 295 g/mol. The smallest absolute Gasteiger partial charge is 0.383 e. The third-order valence-corrected chi connectivity index (χ3v) is 2.57. The van der Waals surface area contributed by atoms with Gasteiger partial charge in [0.05, 0.1) is 6.61 Å². The van der Waals surface area contributed by atoms with Gasteiger partial charge in [-0.15, -0.1) is 0 Å². The maximum absolute atomic E-state index is 12.4. The first kappa shape index (κ1) is 15.8. The summed E-state index contributed by atoms with van der Waals surface area (Å²) in [5.74, 6) is -0.703. The maximum atomic E-state index is 12.4. The van der Waals surface area contributed by atoms with Crippen molar-refractivity contribution in [3.05, 3.63) is 34.9 Å². The Kier molecular flexibility index (Phi) is 5.62. The summed E-state index contributed by atoms with van der Waals surface area (Å²) in [5.41, 5.74) is 0.157. The average Bonchev–Trinajstić information content (AvgIpc) is 2.33. The van der Waals surface area contributed by atoms with Gasteiger partial charge in [0.15, 0.2) is 0 Å². The minimum Gasteiger partial charge on any atom is -0.383 e. The Morgan fingerprint density at radius 3 is 2.37 bits per heavy atom. The van der Waals surface area contributed by atoms with Gasteiger partial charge in [0.1, 0.15) is 6.54 Å². The quantitative estimate of drug-likeness (QED) is 0.836. The molecule has 7 heteroatoms. The number of alkyl halides is 3. The summed E-state index contributed by atoms with van der Waals surface area (Å²) in [5, 5.41) is 0.413. The van der Waals surface area contributed by atoms with Crippen molar-refractivity contribution in [3.8, 4) is 0 Å². The van der Waals surface area contributed by atoms with Crippen molar-refractivity contribution < 1.29 is 22.7 Å². The van der Waals surface area contributed by atoms with Gasteiger partial charge in [0, 0.05) is 24.2 Å². The van der Waals surface area contributed by atoms with Gasteiger partial charge < -0.3 is 9.64 Å². The Balaban J connectivity index is 2.83. The van der Waals surface area contributed by atoms with E-state index in [0.717, 1.165) is 0 Å². The molecule has 1 amide bonds. The zero-order chi connectivity index (χ0) is 14.5. The molecule has 0 unspecified atom stereocenters. The van der Waals surface area contributed by atoms with E-state index in [9.17, 15) is 18.0 Å². The average molecular weight is 296 g/mol. The van der Waals surface area contributed by atoms with Crippen LogP contribution >= 0.6 is 11.6 Å². The number of amides is 1. The highest BCUT2D eigenvalue weighted by molar-refractivity contribution is 6.30. The van der Waals surface area contributed by atoms with Crippen LogP contribution in [0, 0.1) is 0 Å². The Labute approximate surface area is 113 Å². The summed E-state index contributed by atoms with van der Waals surface area (Å²) in [7, 11) is 1.36. The number of hydrogen-bond acceptors (Lipinski definition) is 2. The topological polar surface area (TPSA) is 29.5 Å². The van der Waals surface area contributed by atoms with Crippen molar-refractivity contribution in [1.29, 1.82) is 0 Å². The fourth-order valence-electron chi connectivity index (χ4n) is 1.45. The number of benzene rings is 1. The predicted octanol–water partition coefficient (Wildman–Crippen LogP) is 2.99. The number of carbonyl (C=O) groups is 1. The van der Waals surface area contributed by atoms with E-state index < -0.39 is 18.6 Å². The van der Waals surface area contributed by atoms with E-state index in [1.807, 2.05) is 0 Å². The molecule has 0 bridgehead atoms. The summed E-state index contributed by atoms with van der Waals surface area (Å²) < 4.78 is 42.0. The van der Waals surface area contributed by atoms with Crippen LogP contribution in [0.1, 0.15) is 10.4 Å². The number of hydrogen-bond donors (Lipinski definition) is 0. The molecule has 1 aromatic carbocycles. The largest absolute Gasteiger partial charge is 0.406 e. The lowest BCUT2D eigenvalue weighted by Gasteiger charge is -2.23. The van der Waals surface area contributed by atoms with Gasteiger partial charge in [-0.05, 0) is 24.3 Å². The molecule has 0 aliphatic carbocycles. The van der Waals surface area contributed by atoms with E-state index in [4.69, 9.17) is 16.3 Å². The summed E-state index contributed by atoms with van der Waals surface area (Å²) in [6.45, 7) is -1.40. The van der Waals surface area contributed by atoms with Crippen molar-refractivity contribution in [2.45, 2.75) is 6.18 Å². The van der Waals surface area contributed by atoms with E-state index in [0.29, 0.717) is 9.92 Å². The Hall–Kier alpha value is -1.27. The van der Waals surface area contributed by atoms with Gasteiger partial charge in [-0.3, -0.25) is 4.79 Å². The van der Waals surface area contributed by atoms with Gasteiger partial charge in [-0.25, -0.2) is 0 Å². The zero-order valence-corrected chi connectivity index (χ0v) is 11.0. The molecule has 0 atom stereocenters. The summed E-state index contributed by atoms with van der Waals surface area (Å²) >= 11 is 5.66. The van der Waals surface area contributed by atoms with E-state index >= 15 is 0 Å². The van der Waals surface area contributed by atoms with Gasteiger partial charge in [0.2, 0.25) is 0 Å². The van der Waals surface area contributed by atoms with Crippen LogP contribution in [0.5, 0.6) is 0 Å². The molecule has 3 nitrogen and oxygen atoms in total. The molecule has 0 aromatic heterocycles. The van der Waals surface area contributed by atoms with Gasteiger partial charge in [-0.1, -0.05) is 11.6 Å². The van der Waals surface area contributed by atoms with Crippen LogP contribution in [-0.4, -0.2) is 43.8 Å². The second kappa shape index (κ2) is 6.77. The number of ether oxygens (including phenoxy) is 1. The molecule has 0 saturated carbocycles. The van der Waals surface area contributed by atoms with Crippen LogP contribution in [0.2, 0.25) is 5.02 Å². The van der Waals surface area contributed by atoms with Gasteiger partial charge in [0.25, 0.3) is 5.91 Å². The third-order valence-electron chi connectivity index (χ3n) is 2.31. The van der Waals surface area contributed by atoms with E-state index in [2.05, 4.69) is 0 Å². The molecular weight excluding hydrogens is 283 g/mol. The van der Waals surface area contributed by atoms with Crippen molar-refractivity contribution >= 4 is 17.5 Å². The second-order valence-corrected chi connectivity index (χ2v) is 4.28. The SMILES string of the molecule is COCCN(CC(F)(F)F)C(=O)c1ccc(Cl)cc1. The minimum atomic E-state index is -4.45. The summed E-state index contributed by atoms with van der Waals surface area (Å²) in [6, 6.07) is 5.69. The molecule has 0 heterocycles. The number of rotatable bonds is 5. The second-order valence-electron chi connectivity index (χ2n) is 3.84. The molecule has 1 aromatic rings. The number of halogens is 4. The Morgan fingerprint density at radius 1 is 1.32 bits per heavy atom. The lowest BCUT2D eigenvalue weighted by Crippen LogP contribution is -2.40. The Bertz CT molecular complexity index is 420. The standard InChI is InChI=1S/C12H13ClF3NO2/c1-19-7-6-17(8-12(14,15)16)11(18)9-2-4-10(13)5-3-9/h2-5H,6-8H2,1H3. The van der Waals surface area contributed by atoms with Crippen molar-refractivity contribution in [2.75, 3.05) is 26.8 Å². The normalized spacial score (nSPS) is 11.4. The van der Waals surface area contributed by atoms with Crippen molar-refractivity contribution in [2.24, 2.45) is 0 Å². The van der Waals surface area contributed by atoms with Gasteiger partial charge in [-0.2, -0.15) is 13.2 Å². The van der Waals surface area contributed by atoms with E-state index in [-0.39, 0.29) is 18.7 Å². The predicted molar refractivity (Wildman–Crippen MR) is 65.3 cm³/mol. The molecule has 0 spiro atoms. The molecule has 0 aliphatic heterocycles. The Morgan fingerprint density at radius 2 is 1.89 bits per heavy atom. The lowest BCUT2D eigenvalue weighted by atomic mass is 10.2. The van der Waals surface area contributed by atoms with Crippen molar-refractivity contribution in [3.63, 3.8) is 0 Å². The molecule has 0 N–H and O–H groups in total. The highest BCUT2D eigenvalue weighted by Gasteiger charge is 2.33. The van der Waals surface area contributed by atoms with Crippen LogP contribution in [0.25, 0.3) is 0 Å². The van der Waals surface area contributed by atoms with E-state index in [1.165, 1.54) is 31.4 Å². The van der Waals surface area contributed by atoms with Crippen LogP contribution in [0.15, 0.2) is 24.3 Å². The molecule has 1 rings (SSSR count). The van der Waals surface area contributed by atoms with Crippen molar-refractivity contribution in [1.82, 2.24) is 4.90 Å². The minimum absolute atomic E-state index is 0.0371. The molecule has 0 aliphatic rings. The molecule has 19 heavy (non-hydrogen) atoms. The molecule has 0 radical (unpaired) electrons. The molecule has 0 fully saturated rings.